The molecule has 37 heavy (non-hydrogen) atoms. The number of fused-ring (bicyclic) bond motifs is 1. The molecule has 0 saturated carbocycles. The standard InChI is InChI=1S/C29H31F3N2O3/c1-16(2)6-10-24(22-9-7-17(3)12-23(22)29(30,31)32)33-27(35)14-20-8-11-25-21(13-20)15-26(36-25)28-18(4)34-37-19(28)5/h7-9,11-13,15-16,24H,6,10,14H2,1-5H3,(H,33,35). The summed E-state index contributed by atoms with van der Waals surface area (Å²) in [5, 5.41) is 7.66. The molecule has 0 bridgehead atoms. The van der Waals surface area contributed by atoms with Crippen molar-refractivity contribution in [3.8, 4) is 11.3 Å². The van der Waals surface area contributed by atoms with Gasteiger partial charge in [0.15, 0.2) is 0 Å². The van der Waals surface area contributed by atoms with Gasteiger partial charge >= 0.3 is 6.18 Å². The first-order valence-corrected chi connectivity index (χ1v) is 12.3. The summed E-state index contributed by atoms with van der Waals surface area (Å²) in [6, 6.07) is 10.9. The van der Waals surface area contributed by atoms with Gasteiger partial charge in [-0.05, 0) is 74.9 Å². The van der Waals surface area contributed by atoms with Crippen molar-refractivity contribution < 1.29 is 26.9 Å². The number of hydrogen-bond donors (Lipinski definition) is 1. The molecule has 0 aliphatic carbocycles. The van der Waals surface area contributed by atoms with Crippen molar-refractivity contribution in [2.45, 2.75) is 66.1 Å². The summed E-state index contributed by atoms with van der Waals surface area (Å²) in [4.78, 5) is 13.0. The van der Waals surface area contributed by atoms with Crippen LogP contribution in [0.3, 0.4) is 0 Å². The number of furan rings is 1. The first-order chi connectivity index (χ1) is 17.4. The highest BCUT2D eigenvalue weighted by molar-refractivity contribution is 5.86. The molecule has 2 aromatic heterocycles. The minimum atomic E-state index is -4.51. The molecular formula is C29H31F3N2O3. The third kappa shape index (κ3) is 6.06. The molecule has 5 nitrogen and oxygen atoms in total. The summed E-state index contributed by atoms with van der Waals surface area (Å²) < 4.78 is 52.7. The van der Waals surface area contributed by atoms with Crippen molar-refractivity contribution in [2.24, 2.45) is 5.92 Å². The number of carbonyl (C=O) groups is 1. The summed E-state index contributed by atoms with van der Waals surface area (Å²) in [6.07, 6.45) is -3.38. The Morgan fingerprint density at radius 2 is 1.78 bits per heavy atom. The molecule has 2 aromatic carbocycles. The summed E-state index contributed by atoms with van der Waals surface area (Å²) in [6.45, 7) is 9.30. The van der Waals surface area contributed by atoms with E-state index in [0.717, 1.165) is 28.3 Å². The molecule has 0 fully saturated rings. The highest BCUT2D eigenvalue weighted by atomic mass is 19.4. The van der Waals surface area contributed by atoms with Gasteiger partial charge < -0.3 is 14.3 Å². The normalized spacial score (nSPS) is 12.9. The smallest absolute Gasteiger partial charge is 0.416 e. The van der Waals surface area contributed by atoms with Crippen molar-refractivity contribution in [1.82, 2.24) is 10.5 Å². The van der Waals surface area contributed by atoms with E-state index in [1.165, 1.54) is 6.07 Å². The number of alkyl halides is 3. The highest BCUT2D eigenvalue weighted by Gasteiger charge is 2.35. The fraction of sp³-hybridized carbons (Fsp3) is 0.379. The van der Waals surface area contributed by atoms with Gasteiger partial charge in [-0.3, -0.25) is 4.79 Å². The molecule has 0 saturated heterocycles. The van der Waals surface area contributed by atoms with E-state index in [4.69, 9.17) is 8.94 Å². The number of aryl methyl sites for hydroxylation is 3. The van der Waals surface area contributed by atoms with Gasteiger partial charge in [0, 0.05) is 5.39 Å². The van der Waals surface area contributed by atoms with Gasteiger partial charge in [0.2, 0.25) is 5.91 Å². The quantitative estimate of drug-likeness (QED) is 0.261. The van der Waals surface area contributed by atoms with Crippen LogP contribution in [0.5, 0.6) is 0 Å². The third-order valence-electron chi connectivity index (χ3n) is 6.48. The van der Waals surface area contributed by atoms with Crippen LogP contribution in [0.2, 0.25) is 0 Å². The Morgan fingerprint density at radius 3 is 2.43 bits per heavy atom. The van der Waals surface area contributed by atoms with Gasteiger partial charge in [0.1, 0.15) is 17.1 Å². The zero-order valence-corrected chi connectivity index (χ0v) is 21.6. The van der Waals surface area contributed by atoms with Crippen molar-refractivity contribution in [3.63, 3.8) is 0 Å². The second-order valence-electron chi connectivity index (χ2n) is 10.0. The largest absolute Gasteiger partial charge is 0.456 e. The second kappa shape index (κ2) is 10.4. The lowest BCUT2D eigenvalue weighted by molar-refractivity contribution is -0.139. The van der Waals surface area contributed by atoms with Crippen LogP contribution < -0.4 is 5.32 Å². The highest BCUT2D eigenvalue weighted by Crippen LogP contribution is 2.37. The number of nitrogens with zero attached hydrogens (tertiary/aromatic N) is 1. The van der Waals surface area contributed by atoms with E-state index < -0.39 is 17.8 Å². The lowest BCUT2D eigenvalue weighted by atomic mass is 9.92. The topological polar surface area (TPSA) is 68.3 Å². The van der Waals surface area contributed by atoms with Crippen LogP contribution in [0.1, 0.15) is 66.4 Å². The van der Waals surface area contributed by atoms with Crippen molar-refractivity contribution in [3.05, 3.63) is 76.2 Å². The Hall–Kier alpha value is -3.55. The van der Waals surface area contributed by atoms with Gasteiger partial charge in [-0.1, -0.05) is 42.8 Å². The Balaban J connectivity index is 1.57. The summed E-state index contributed by atoms with van der Waals surface area (Å²) in [5.41, 5.74) is 2.83. The van der Waals surface area contributed by atoms with Gasteiger partial charge in [0.25, 0.3) is 0 Å². The van der Waals surface area contributed by atoms with Crippen molar-refractivity contribution >= 4 is 16.9 Å². The van der Waals surface area contributed by atoms with Crippen LogP contribution in [0.4, 0.5) is 13.2 Å². The van der Waals surface area contributed by atoms with Gasteiger partial charge in [0.05, 0.1) is 29.3 Å². The van der Waals surface area contributed by atoms with Crippen LogP contribution in [-0.4, -0.2) is 11.1 Å². The monoisotopic (exact) mass is 512 g/mol. The molecular weight excluding hydrogens is 481 g/mol. The second-order valence-corrected chi connectivity index (χ2v) is 10.0. The Kier molecular flexibility index (Phi) is 7.48. The number of halogens is 3. The SMILES string of the molecule is Cc1ccc(C(CCC(C)C)NC(=O)Cc2ccc3oc(-c4c(C)noc4C)cc3c2)c(C(F)(F)F)c1. The average Bonchev–Trinajstić information content (AvgIpc) is 3.37. The maximum absolute atomic E-state index is 13.8. The molecule has 196 valence electrons. The first kappa shape index (κ1) is 26.5. The molecule has 2 heterocycles. The van der Waals surface area contributed by atoms with E-state index in [1.54, 1.807) is 25.1 Å². The van der Waals surface area contributed by atoms with Crippen molar-refractivity contribution in [2.75, 3.05) is 0 Å². The first-order valence-electron chi connectivity index (χ1n) is 12.3. The molecule has 4 aromatic rings. The summed E-state index contributed by atoms with van der Waals surface area (Å²) in [5.74, 6) is 1.23. The molecule has 8 heteroatoms. The van der Waals surface area contributed by atoms with E-state index in [1.807, 2.05) is 39.8 Å². The molecule has 1 unspecified atom stereocenters. The molecule has 0 radical (unpaired) electrons. The maximum Gasteiger partial charge on any atom is 0.416 e. The van der Waals surface area contributed by atoms with E-state index in [0.29, 0.717) is 35.5 Å². The zero-order valence-electron chi connectivity index (χ0n) is 21.6. The molecule has 1 N–H and O–H groups in total. The molecule has 0 spiro atoms. The van der Waals surface area contributed by atoms with Gasteiger partial charge in [-0.25, -0.2) is 0 Å². The number of carbonyl (C=O) groups excluding carboxylic acids is 1. The van der Waals surface area contributed by atoms with E-state index in [2.05, 4.69) is 10.5 Å². The summed E-state index contributed by atoms with van der Waals surface area (Å²) in [7, 11) is 0. The number of rotatable bonds is 8. The molecule has 1 amide bonds. The number of aromatic nitrogens is 1. The lowest BCUT2D eigenvalue weighted by Crippen LogP contribution is -2.31. The van der Waals surface area contributed by atoms with Crippen molar-refractivity contribution in [1.29, 1.82) is 0 Å². The number of benzene rings is 2. The predicted molar refractivity (Wildman–Crippen MR) is 136 cm³/mol. The van der Waals surface area contributed by atoms with Gasteiger partial charge in [-0.2, -0.15) is 13.2 Å². The van der Waals surface area contributed by atoms with Crippen LogP contribution >= 0.6 is 0 Å². The number of nitrogens with one attached hydrogen (secondary N) is 1. The van der Waals surface area contributed by atoms with E-state index in [-0.39, 0.29) is 23.8 Å². The maximum atomic E-state index is 13.8. The fourth-order valence-electron chi connectivity index (χ4n) is 4.62. The Bertz CT molecular complexity index is 1400. The van der Waals surface area contributed by atoms with E-state index in [9.17, 15) is 18.0 Å². The van der Waals surface area contributed by atoms with Crippen LogP contribution in [0.25, 0.3) is 22.3 Å². The fourth-order valence-corrected chi connectivity index (χ4v) is 4.62. The lowest BCUT2D eigenvalue weighted by Gasteiger charge is -2.24. The van der Waals surface area contributed by atoms with Crippen LogP contribution in [0.15, 0.2) is 51.4 Å². The minimum absolute atomic E-state index is 0.0349. The molecule has 0 aliphatic heterocycles. The van der Waals surface area contributed by atoms with Crippen LogP contribution in [-0.2, 0) is 17.4 Å². The molecule has 1 atom stereocenters. The minimum Gasteiger partial charge on any atom is -0.456 e. The Morgan fingerprint density at radius 1 is 1.03 bits per heavy atom. The number of hydrogen-bond acceptors (Lipinski definition) is 4. The van der Waals surface area contributed by atoms with Crippen LogP contribution in [0, 0.1) is 26.7 Å². The number of amides is 1. The molecule has 0 aliphatic rings. The molecule has 4 rings (SSSR count). The zero-order chi connectivity index (χ0) is 26.9. The van der Waals surface area contributed by atoms with E-state index >= 15 is 0 Å². The van der Waals surface area contributed by atoms with Gasteiger partial charge in [-0.15, -0.1) is 0 Å². The third-order valence-corrected chi connectivity index (χ3v) is 6.48. The average molecular weight is 513 g/mol. The predicted octanol–water partition coefficient (Wildman–Crippen LogP) is 7.87. The summed E-state index contributed by atoms with van der Waals surface area (Å²) >= 11 is 0. The Labute approximate surface area is 214 Å².